The van der Waals surface area contributed by atoms with E-state index >= 15 is 0 Å². The highest BCUT2D eigenvalue weighted by molar-refractivity contribution is 7.14. The molecule has 1 aromatic carbocycles. The highest BCUT2D eigenvalue weighted by atomic mass is 32.1. The maximum absolute atomic E-state index is 12.3. The van der Waals surface area contributed by atoms with Gasteiger partial charge in [0.25, 0.3) is 5.91 Å². The van der Waals surface area contributed by atoms with Crippen molar-refractivity contribution in [2.24, 2.45) is 0 Å². The molecule has 20 heavy (non-hydrogen) atoms. The maximum atomic E-state index is 12.3. The van der Waals surface area contributed by atoms with Crippen LogP contribution in [0.5, 0.6) is 0 Å². The number of benzene rings is 1. The van der Waals surface area contributed by atoms with Crippen LogP contribution in [0, 0.1) is 11.3 Å². The summed E-state index contributed by atoms with van der Waals surface area (Å²) < 4.78 is 0. The van der Waals surface area contributed by atoms with Gasteiger partial charge in [-0.2, -0.15) is 5.26 Å². The standard InChI is InChI=1S/C15H15N3OS/c1-2-8-17-13-6-4-3-5-12(13)14(19)18-15-11(10-16)7-9-20-15/h3-7,9,17H,2,8H2,1H3,(H,18,19). The number of para-hydroxylation sites is 1. The molecule has 102 valence electrons. The minimum Gasteiger partial charge on any atom is -0.384 e. The van der Waals surface area contributed by atoms with Crippen molar-refractivity contribution in [2.75, 3.05) is 17.2 Å². The Hall–Kier alpha value is -2.32. The maximum Gasteiger partial charge on any atom is 0.258 e. The number of amides is 1. The van der Waals surface area contributed by atoms with Gasteiger partial charge in [0.2, 0.25) is 0 Å². The number of hydrogen-bond acceptors (Lipinski definition) is 4. The van der Waals surface area contributed by atoms with E-state index in [4.69, 9.17) is 5.26 Å². The van der Waals surface area contributed by atoms with Gasteiger partial charge in [-0.05, 0) is 30.0 Å². The van der Waals surface area contributed by atoms with Crippen molar-refractivity contribution in [1.82, 2.24) is 0 Å². The fraction of sp³-hybridized carbons (Fsp3) is 0.200. The molecule has 2 aromatic rings. The molecule has 0 saturated carbocycles. The molecule has 0 aliphatic carbocycles. The van der Waals surface area contributed by atoms with Gasteiger partial charge in [-0.15, -0.1) is 11.3 Å². The number of hydrogen-bond donors (Lipinski definition) is 2. The molecule has 0 radical (unpaired) electrons. The van der Waals surface area contributed by atoms with Crippen molar-refractivity contribution in [3.63, 3.8) is 0 Å². The first-order valence-corrected chi connectivity index (χ1v) is 7.26. The number of carbonyl (C=O) groups excluding carboxylic acids is 1. The lowest BCUT2D eigenvalue weighted by Crippen LogP contribution is -2.14. The Bertz CT molecular complexity index is 643. The molecule has 0 atom stereocenters. The van der Waals surface area contributed by atoms with Crippen LogP contribution in [0.3, 0.4) is 0 Å². The molecule has 0 aliphatic rings. The summed E-state index contributed by atoms with van der Waals surface area (Å²) in [5, 5.41) is 17.3. The van der Waals surface area contributed by atoms with Crippen molar-refractivity contribution in [3.8, 4) is 6.07 Å². The van der Waals surface area contributed by atoms with Gasteiger partial charge in [0, 0.05) is 12.2 Å². The average Bonchev–Trinajstić information content (AvgIpc) is 2.92. The minimum atomic E-state index is -0.205. The number of carbonyl (C=O) groups is 1. The largest absolute Gasteiger partial charge is 0.384 e. The normalized spacial score (nSPS) is 9.80. The predicted octanol–water partition coefficient (Wildman–Crippen LogP) is 3.69. The van der Waals surface area contributed by atoms with Crippen LogP contribution < -0.4 is 10.6 Å². The minimum absolute atomic E-state index is 0.205. The first-order valence-electron chi connectivity index (χ1n) is 6.38. The molecule has 5 heteroatoms. The Morgan fingerprint density at radius 3 is 2.90 bits per heavy atom. The number of nitriles is 1. The Morgan fingerprint density at radius 1 is 1.35 bits per heavy atom. The molecule has 0 bridgehead atoms. The van der Waals surface area contributed by atoms with E-state index in [0.29, 0.717) is 16.1 Å². The van der Waals surface area contributed by atoms with Crippen molar-refractivity contribution in [1.29, 1.82) is 5.26 Å². The third-order valence-corrected chi connectivity index (χ3v) is 3.58. The van der Waals surface area contributed by atoms with Crippen LogP contribution in [0.2, 0.25) is 0 Å². The highest BCUT2D eigenvalue weighted by Crippen LogP contribution is 2.24. The summed E-state index contributed by atoms with van der Waals surface area (Å²) in [4.78, 5) is 12.3. The number of nitrogens with one attached hydrogen (secondary N) is 2. The van der Waals surface area contributed by atoms with Crippen LogP contribution in [-0.2, 0) is 0 Å². The molecule has 2 rings (SSSR count). The quantitative estimate of drug-likeness (QED) is 0.880. The first kappa shape index (κ1) is 14.1. The molecule has 0 fully saturated rings. The van der Waals surface area contributed by atoms with Gasteiger partial charge in [-0.3, -0.25) is 4.79 Å². The van der Waals surface area contributed by atoms with E-state index in [2.05, 4.69) is 23.6 Å². The van der Waals surface area contributed by atoms with Gasteiger partial charge >= 0.3 is 0 Å². The van der Waals surface area contributed by atoms with Crippen LogP contribution in [0.1, 0.15) is 29.3 Å². The van der Waals surface area contributed by atoms with Crippen LogP contribution in [0.15, 0.2) is 35.7 Å². The summed E-state index contributed by atoms with van der Waals surface area (Å²) in [6.45, 7) is 2.88. The molecule has 0 aliphatic heterocycles. The average molecular weight is 285 g/mol. The molecule has 4 nitrogen and oxygen atoms in total. The van der Waals surface area contributed by atoms with E-state index in [0.717, 1.165) is 18.7 Å². The molecular weight excluding hydrogens is 270 g/mol. The first-order chi connectivity index (χ1) is 9.76. The van der Waals surface area contributed by atoms with Gasteiger partial charge in [0.05, 0.1) is 11.1 Å². The lowest BCUT2D eigenvalue weighted by Gasteiger charge is -2.11. The third kappa shape index (κ3) is 3.16. The van der Waals surface area contributed by atoms with E-state index in [1.54, 1.807) is 17.5 Å². The Balaban J connectivity index is 2.19. The fourth-order valence-electron chi connectivity index (χ4n) is 1.76. The Morgan fingerprint density at radius 2 is 2.15 bits per heavy atom. The number of thiophene rings is 1. The van der Waals surface area contributed by atoms with E-state index in [1.807, 2.05) is 18.2 Å². The summed E-state index contributed by atoms with van der Waals surface area (Å²) >= 11 is 1.35. The second kappa shape index (κ2) is 6.73. The topological polar surface area (TPSA) is 64.9 Å². The SMILES string of the molecule is CCCNc1ccccc1C(=O)Nc1sccc1C#N. The number of rotatable bonds is 5. The molecule has 1 amide bonds. The van der Waals surface area contributed by atoms with Crippen molar-refractivity contribution in [3.05, 3.63) is 46.8 Å². The summed E-state index contributed by atoms with van der Waals surface area (Å²) in [5.41, 5.74) is 1.88. The molecule has 0 unspecified atom stereocenters. The molecule has 1 aromatic heterocycles. The van der Waals surface area contributed by atoms with Crippen molar-refractivity contribution in [2.45, 2.75) is 13.3 Å². The Kier molecular flexibility index (Phi) is 4.75. The smallest absolute Gasteiger partial charge is 0.258 e. The molecular formula is C15H15N3OS. The number of nitrogens with zero attached hydrogens (tertiary/aromatic N) is 1. The molecule has 1 heterocycles. The lowest BCUT2D eigenvalue weighted by atomic mass is 10.1. The second-order valence-electron chi connectivity index (χ2n) is 4.20. The van der Waals surface area contributed by atoms with Crippen molar-refractivity contribution >= 4 is 27.9 Å². The van der Waals surface area contributed by atoms with Gasteiger partial charge < -0.3 is 10.6 Å². The van der Waals surface area contributed by atoms with Crippen LogP contribution in [0.4, 0.5) is 10.7 Å². The van der Waals surface area contributed by atoms with E-state index in [1.165, 1.54) is 11.3 Å². The zero-order chi connectivity index (χ0) is 14.4. The van der Waals surface area contributed by atoms with Gasteiger partial charge in [0.1, 0.15) is 11.1 Å². The molecule has 2 N–H and O–H groups in total. The van der Waals surface area contributed by atoms with Gasteiger partial charge in [-0.1, -0.05) is 19.1 Å². The lowest BCUT2D eigenvalue weighted by molar-refractivity contribution is 0.102. The van der Waals surface area contributed by atoms with Crippen molar-refractivity contribution < 1.29 is 4.79 Å². The third-order valence-electron chi connectivity index (χ3n) is 2.75. The van der Waals surface area contributed by atoms with Crippen LogP contribution >= 0.6 is 11.3 Å². The van der Waals surface area contributed by atoms with Gasteiger partial charge in [0.15, 0.2) is 0 Å². The van der Waals surface area contributed by atoms with Crippen LogP contribution in [-0.4, -0.2) is 12.5 Å². The van der Waals surface area contributed by atoms with E-state index < -0.39 is 0 Å². The van der Waals surface area contributed by atoms with E-state index in [-0.39, 0.29) is 5.91 Å². The summed E-state index contributed by atoms with van der Waals surface area (Å²) in [6, 6.07) is 11.1. The fourth-order valence-corrected chi connectivity index (χ4v) is 2.49. The summed E-state index contributed by atoms with van der Waals surface area (Å²) in [5.74, 6) is -0.205. The van der Waals surface area contributed by atoms with Gasteiger partial charge in [-0.25, -0.2) is 0 Å². The van der Waals surface area contributed by atoms with E-state index in [9.17, 15) is 4.79 Å². The molecule has 0 saturated heterocycles. The second-order valence-corrected chi connectivity index (χ2v) is 5.12. The Labute approximate surface area is 122 Å². The highest BCUT2D eigenvalue weighted by Gasteiger charge is 2.13. The zero-order valence-electron chi connectivity index (χ0n) is 11.1. The summed E-state index contributed by atoms with van der Waals surface area (Å²) in [6.07, 6.45) is 0.986. The predicted molar refractivity (Wildman–Crippen MR) is 82.2 cm³/mol. The zero-order valence-corrected chi connectivity index (χ0v) is 12.0. The van der Waals surface area contributed by atoms with Crippen LogP contribution in [0.25, 0.3) is 0 Å². The molecule has 0 spiro atoms. The monoisotopic (exact) mass is 285 g/mol. The summed E-state index contributed by atoms with van der Waals surface area (Å²) in [7, 11) is 0. The number of anilines is 2.